The molecule has 0 amide bonds. The molecule has 2 rings (SSSR count). The predicted molar refractivity (Wildman–Crippen MR) is 73.9 cm³/mol. The van der Waals surface area contributed by atoms with Gasteiger partial charge in [0.05, 0.1) is 6.10 Å². The molecule has 1 aromatic rings. The molecule has 1 aliphatic rings. The van der Waals surface area contributed by atoms with E-state index in [1.165, 1.54) is 12.1 Å². The van der Waals surface area contributed by atoms with Crippen LogP contribution in [0.3, 0.4) is 0 Å². The second-order valence-electron chi connectivity index (χ2n) is 5.50. The Morgan fingerprint density at radius 2 is 1.95 bits per heavy atom. The van der Waals surface area contributed by atoms with Crippen molar-refractivity contribution in [1.29, 1.82) is 0 Å². The molecule has 3 nitrogen and oxygen atoms in total. The maximum absolute atomic E-state index is 13.2. The summed E-state index contributed by atoms with van der Waals surface area (Å²) in [4.78, 5) is 0. The first-order valence-electron chi connectivity index (χ1n) is 7.13. The van der Waals surface area contributed by atoms with E-state index >= 15 is 0 Å². The molecule has 0 bridgehead atoms. The summed E-state index contributed by atoms with van der Waals surface area (Å²) in [5.41, 5.74) is 3.38. The van der Waals surface area contributed by atoms with Crippen LogP contribution >= 0.6 is 0 Å². The van der Waals surface area contributed by atoms with Crippen LogP contribution in [0.25, 0.3) is 0 Å². The van der Waals surface area contributed by atoms with Crippen LogP contribution in [0.5, 0.6) is 0 Å². The Hall–Kier alpha value is -1.04. The van der Waals surface area contributed by atoms with E-state index in [4.69, 9.17) is 10.6 Å². The second kappa shape index (κ2) is 7.11. The van der Waals surface area contributed by atoms with Gasteiger partial charge >= 0.3 is 0 Å². The van der Waals surface area contributed by atoms with Crippen LogP contribution in [0.2, 0.25) is 0 Å². The number of nitrogens with two attached hydrogens (primary N) is 1. The van der Waals surface area contributed by atoms with Crippen LogP contribution in [-0.2, 0) is 11.2 Å². The number of hydrogen-bond donors (Lipinski definition) is 2. The van der Waals surface area contributed by atoms with Crippen molar-refractivity contribution >= 4 is 0 Å². The van der Waals surface area contributed by atoms with E-state index in [1.807, 2.05) is 6.92 Å². The lowest BCUT2D eigenvalue weighted by Crippen LogP contribution is -2.42. The van der Waals surface area contributed by atoms with Crippen molar-refractivity contribution < 1.29 is 13.5 Å². The molecule has 1 aromatic carbocycles. The number of rotatable bonds is 7. The summed E-state index contributed by atoms with van der Waals surface area (Å²) in [6.07, 6.45) is 3.89. The van der Waals surface area contributed by atoms with Gasteiger partial charge in [0, 0.05) is 18.7 Å². The quantitative estimate of drug-likeness (QED) is 0.597. The zero-order valence-corrected chi connectivity index (χ0v) is 11.7. The van der Waals surface area contributed by atoms with Crippen molar-refractivity contribution in [1.82, 2.24) is 5.43 Å². The number of hydrogen-bond acceptors (Lipinski definition) is 3. The number of nitrogens with one attached hydrogen (secondary N) is 1. The zero-order chi connectivity index (χ0) is 14.5. The smallest absolute Gasteiger partial charge is 0.126 e. The molecule has 1 atom stereocenters. The van der Waals surface area contributed by atoms with Crippen molar-refractivity contribution in [3.8, 4) is 0 Å². The number of halogens is 2. The van der Waals surface area contributed by atoms with Gasteiger partial charge in [-0.2, -0.15) is 0 Å². The van der Waals surface area contributed by atoms with Crippen LogP contribution < -0.4 is 11.3 Å². The Balaban J connectivity index is 1.83. The van der Waals surface area contributed by atoms with Crippen LogP contribution in [0.1, 0.15) is 31.7 Å². The second-order valence-corrected chi connectivity index (χ2v) is 5.50. The Morgan fingerprint density at radius 1 is 1.30 bits per heavy atom. The SMILES string of the molecule is CCOC1CC(CC(Cc2cc(F)cc(F)c2)NN)C1. The first-order valence-corrected chi connectivity index (χ1v) is 7.13. The molecule has 1 unspecified atom stereocenters. The largest absolute Gasteiger partial charge is 0.378 e. The van der Waals surface area contributed by atoms with Gasteiger partial charge < -0.3 is 4.74 Å². The lowest BCUT2D eigenvalue weighted by atomic mass is 9.77. The molecule has 1 fully saturated rings. The lowest BCUT2D eigenvalue weighted by Gasteiger charge is -2.37. The van der Waals surface area contributed by atoms with E-state index in [0.29, 0.717) is 24.0 Å². The third kappa shape index (κ3) is 4.23. The molecule has 0 heterocycles. The minimum Gasteiger partial charge on any atom is -0.378 e. The van der Waals surface area contributed by atoms with Gasteiger partial charge in [-0.15, -0.1) is 0 Å². The molecular weight excluding hydrogens is 262 g/mol. The Kier molecular flexibility index (Phi) is 5.46. The number of hydrazine groups is 1. The van der Waals surface area contributed by atoms with E-state index < -0.39 is 11.6 Å². The third-order valence-electron chi connectivity index (χ3n) is 3.85. The van der Waals surface area contributed by atoms with Crippen molar-refractivity contribution in [2.45, 2.75) is 44.8 Å². The molecule has 5 heteroatoms. The monoisotopic (exact) mass is 284 g/mol. The van der Waals surface area contributed by atoms with Gasteiger partial charge in [-0.25, -0.2) is 8.78 Å². The molecule has 0 aliphatic heterocycles. The van der Waals surface area contributed by atoms with Gasteiger partial charge in [-0.05, 0) is 56.2 Å². The van der Waals surface area contributed by atoms with E-state index in [1.54, 1.807) is 0 Å². The average molecular weight is 284 g/mol. The summed E-state index contributed by atoms with van der Waals surface area (Å²) in [5.74, 6) is 5.03. The van der Waals surface area contributed by atoms with Crippen molar-refractivity contribution in [2.24, 2.45) is 11.8 Å². The molecular formula is C15H22F2N2O. The fourth-order valence-electron chi connectivity index (χ4n) is 2.86. The molecule has 3 N–H and O–H groups in total. The summed E-state index contributed by atoms with van der Waals surface area (Å²) in [6.45, 7) is 2.74. The van der Waals surface area contributed by atoms with Crippen LogP contribution in [-0.4, -0.2) is 18.8 Å². The fourth-order valence-corrected chi connectivity index (χ4v) is 2.86. The van der Waals surface area contributed by atoms with E-state index in [9.17, 15) is 8.78 Å². The fraction of sp³-hybridized carbons (Fsp3) is 0.600. The first kappa shape index (κ1) is 15.4. The molecule has 1 saturated carbocycles. The molecule has 20 heavy (non-hydrogen) atoms. The van der Waals surface area contributed by atoms with Gasteiger partial charge in [0.1, 0.15) is 11.6 Å². The van der Waals surface area contributed by atoms with Crippen LogP contribution in [0.4, 0.5) is 8.78 Å². The van der Waals surface area contributed by atoms with E-state index in [0.717, 1.165) is 31.9 Å². The highest BCUT2D eigenvalue weighted by Gasteiger charge is 2.31. The van der Waals surface area contributed by atoms with Gasteiger partial charge in [0.25, 0.3) is 0 Å². The highest BCUT2D eigenvalue weighted by atomic mass is 19.1. The van der Waals surface area contributed by atoms with Crippen LogP contribution in [0, 0.1) is 17.6 Å². The van der Waals surface area contributed by atoms with Crippen molar-refractivity contribution in [3.05, 3.63) is 35.4 Å². The molecule has 112 valence electrons. The van der Waals surface area contributed by atoms with Gasteiger partial charge in [-0.1, -0.05) is 0 Å². The van der Waals surface area contributed by atoms with Gasteiger partial charge in [-0.3, -0.25) is 11.3 Å². The van der Waals surface area contributed by atoms with E-state index in [2.05, 4.69) is 5.43 Å². The first-order chi connectivity index (χ1) is 9.60. The van der Waals surface area contributed by atoms with E-state index in [-0.39, 0.29) is 6.04 Å². The standard InChI is InChI=1S/C15H22F2N2O/c1-2-20-15-7-11(8-15)6-14(19-18)5-10-3-12(16)9-13(17)4-10/h3-4,9,11,14-15,19H,2,5-8,18H2,1H3. The summed E-state index contributed by atoms with van der Waals surface area (Å²) in [5, 5.41) is 0. The Labute approximate surface area is 118 Å². The molecule has 0 saturated heterocycles. The predicted octanol–water partition coefficient (Wildman–Crippen LogP) is 2.54. The average Bonchev–Trinajstić information content (AvgIpc) is 2.33. The summed E-state index contributed by atoms with van der Waals surface area (Å²) in [6, 6.07) is 3.63. The minimum absolute atomic E-state index is 0.0313. The molecule has 1 aliphatic carbocycles. The third-order valence-corrected chi connectivity index (χ3v) is 3.85. The minimum atomic E-state index is -0.546. The van der Waals surface area contributed by atoms with Gasteiger partial charge in [0.15, 0.2) is 0 Å². The highest BCUT2D eigenvalue weighted by molar-refractivity contribution is 5.19. The summed E-state index contributed by atoms with van der Waals surface area (Å²) in [7, 11) is 0. The summed E-state index contributed by atoms with van der Waals surface area (Å²) >= 11 is 0. The molecule has 0 aromatic heterocycles. The van der Waals surface area contributed by atoms with Crippen molar-refractivity contribution in [3.63, 3.8) is 0 Å². The maximum Gasteiger partial charge on any atom is 0.126 e. The topological polar surface area (TPSA) is 47.3 Å². The van der Waals surface area contributed by atoms with Gasteiger partial charge in [0.2, 0.25) is 0 Å². The lowest BCUT2D eigenvalue weighted by molar-refractivity contribution is -0.0290. The van der Waals surface area contributed by atoms with Crippen LogP contribution in [0.15, 0.2) is 18.2 Å². The normalized spacial score (nSPS) is 23.4. The summed E-state index contributed by atoms with van der Waals surface area (Å²) < 4.78 is 31.8. The maximum atomic E-state index is 13.2. The Bertz CT molecular complexity index is 416. The highest BCUT2D eigenvalue weighted by Crippen LogP contribution is 2.34. The molecule has 0 spiro atoms. The van der Waals surface area contributed by atoms with Crippen molar-refractivity contribution in [2.75, 3.05) is 6.61 Å². The number of ether oxygens (including phenoxy) is 1. The number of benzene rings is 1. The zero-order valence-electron chi connectivity index (χ0n) is 11.7. The Morgan fingerprint density at radius 3 is 2.50 bits per heavy atom. The molecule has 0 radical (unpaired) electrons.